The van der Waals surface area contributed by atoms with Crippen LogP contribution >= 0.6 is 0 Å². The summed E-state index contributed by atoms with van der Waals surface area (Å²) in [4.78, 5) is 2.21. The van der Waals surface area contributed by atoms with Crippen molar-refractivity contribution in [1.82, 2.24) is 4.90 Å². The van der Waals surface area contributed by atoms with Gasteiger partial charge in [-0.25, -0.2) is 0 Å². The Morgan fingerprint density at radius 3 is 2.48 bits per heavy atom. The van der Waals surface area contributed by atoms with Crippen molar-refractivity contribution in [2.45, 2.75) is 19.8 Å². The maximum atomic E-state index is 9.04. The predicted molar refractivity (Wildman–Crippen MR) is 84.3 cm³/mol. The Bertz CT molecular complexity index is 434. The van der Waals surface area contributed by atoms with Gasteiger partial charge in [-0.2, -0.15) is 0 Å². The topological polar surface area (TPSA) is 52.9 Å². The summed E-state index contributed by atoms with van der Waals surface area (Å²) in [5.41, 5.74) is 0.862. The van der Waals surface area contributed by atoms with E-state index in [4.69, 9.17) is 14.9 Å². The highest BCUT2D eigenvalue weighted by Gasteiger charge is 2.03. The van der Waals surface area contributed by atoms with Gasteiger partial charge in [0.25, 0.3) is 0 Å². The molecule has 4 nitrogen and oxygen atoms in total. The lowest BCUT2D eigenvalue weighted by atomic mass is 10.2. The van der Waals surface area contributed by atoms with Crippen LogP contribution in [0.15, 0.2) is 24.3 Å². The Hall–Kier alpha value is -1.54. The summed E-state index contributed by atoms with van der Waals surface area (Å²) in [7, 11) is 0. The molecule has 116 valence electrons. The van der Waals surface area contributed by atoms with Crippen LogP contribution < -0.4 is 4.74 Å². The van der Waals surface area contributed by atoms with E-state index < -0.39 is 0 Å². The Morgan fingerprint density at radius 1 is 1.10 bits per heavy atom. The molecule has 0 bridgehead atoms. The largest absolute Gasteiger partial charge is 0.492 e. The van der Waals surface area contributed by atoms with Crippen molar-refractivity contribution in [3.63, 3.8) is 0 Å². The summed E-state index contributed by atoms with van der Waals surface area (Å²) >= 11 is 0. The summed E-state index contributed by atoms with van der Waals surface area (Å²) in [6.07, 6.45) is 2.29. The Kier molecular flexibility index (Phi) is 9.30. The van der Waals surface area contributed by atoms with Crippen LogP contribution in [0.2, 0.25) is 0 Å². The highest BCUT2D eigenvalue weighted by Crippen LogP contribution is 2.11. The quantitative estimate of drug-likeness (QED) is 0.677. The minimum atomic E-state index is -0.128. The molecule has 0 aliphatic carbocycles. The minimum Gasteiger partial charge on any atom is -0.492 e. The lowest BCUT2D eigenvalue weighted by Crippen LogP contribution is -2.32. The third-order valence-electron chi connectivity index (χ3n) is 3.09. The van der Waals surface area contributed by atoms with E-state index in [0.717, 1.165) is 37.2 Å². The molecule has 0 saturated heterocycles. The van der Waals surface area contributed by atoms with Gasteiger partial charge in [0.05, 0.1) is 6.61 Å². The zero-order chi connectivity index (χ0) is 15.3. The lowest BCUT2D eigenvalue weighted by molar-refractivity contribution is 0.167. The van der Waals surface area contributed by atoms with Crippen molar-refractivity contribution in [2.75, 3.05) is 39.5 Å². The molecule has 0 fully saturated rings. The highest BCUT2D eigenvalue weighted by atomic mass is 16.5. The van der Waals surface area contributed by atoms with Crippen molar-refractivity contribution >= 4 is 0 Å². The van der Waals surface area contributed by atoms with Crippen LogP contribution in [0.1, 0.15) is 25.3 Å². The van der Waals surface area contributed by atoms with E-state index in [1.807, 2.05) is 24.3 Å². The fourth-order valence-corrected chi connectivity index (χ4v) is 1.93. The monoisotopic (exact) mass is 291 g/mol. The second-order valence-electron chi connectivity index (χ2n) is 4.75. The van der Waals surface area contributed by atoms with E-state index in [0.29, 0.717) is 13.2 Å². The molecular formula is C17H25NO3. The number of hydrogen-bond acceptors (Lipinski definition) is 4. The first kappa shape index (κ1) is 17.5. The highest BCUT2D eigenvalue weighted by molar-refractivity contribution is 5.38. The summed E-state index contributed by atoms with van der Waals surface area (Å²) in [5.74, 6) is 6.26. The van der Waals surface area contributed by atoms with Gasteiger partial charge in [0.1, 0.15) is 19.0 Å². The molecule has 0 radical (unpaired) electrons. The van der Waals surface area contributed by atoms with Gasteiger partial charge in [0.2, 0.25) is 0 Å². The molecular weight excluding hydrogens is 266 g/mol. The maximum Gasteiger partial charge on any atom is 0.119 e. The molecule has 0 heterocycles. The summed E-state index contributed by atoms with van der Waals surface area (Å²) in [5, 5.41) is 17.7. The molecule has 0 amide bonds. The third kappa shape index (κ3) is 7.72. The van der Waals surface area contributed by atoms with Gasteiger partial charge in [-0.15, -0.1) is 0 Å². The molecule has 0 spiro atoms. The fraction of sp³-hybridized carbons (Fsp3) is 0.529. The molecule has 1 rings (SSSR count). The van der Waals surface area contributed by atoms with E-state index in [1.54, 1.807) is 0 Å². The summed E-state index contributed by atoms with van der Waals surface area (Å²) in [6, 6.07) is 7.51. The average Bonchev–Trinajstić information content (AvgIpc) is 2.52. The number of nitrogens with zero attached hydrogens (tertiary/aromatic N) is 1. The van der Waals surface area contributed by atoms with E-state index >= 15 is 0 Å². The number of benzene rings is 1. The van der Waals surface area contributed by atoms with Gasteiger partial charge in [-0.05, 0) is 37.2 Å². The molecule has 1 aromatic rings. The third-order valence-corrected chi connectivity index (χ3v) is 3.09. The van der Waals surface area contributed by atoms with E-state index in [2.05, 4.69) is 23.7 Å². The smallest absolute Gasteiger partial charge is 0.119 e. The lowest BCUT2D eigenvalue weighted by Gasteiger charge is -2.21. The minimum absolute atomic E-state index is 0.128. The van der Waals surface area contributed by atoms with Crippen LogP contribution in [0.4, 0.5) is 0 Å². The zero-order valence-electron chi connectivity index (χ0n) is 12.7. The molecule has 2 N–H and O–H groups in total. The van der Waals surface area contributed by atoms with Crippen LogP contribution in [0, 0.1) is 11.8 Å². The van der Waals surface area contributed by atoms with Crippen molar-refractivity contribution in [3.8, 4) is 17.6 Å². The number of rotatable bonds is 9. The molecule has 1 aromatic carbocycles. The number of aliphatic hydroxyl groups is 2. The van der Waals surface area contributed by atoms with E-state index in [-0.39, 0.29) is 13.2 Å². The standard InChI is InChI=1S/C17H25NO3/c1-2-3-10-18(11-14-20)12-15-21-17-8-6-16(7-9-17)5-4-13-19/h6-9,19-20H,2-3,10-15H2,1H3. The molecule has 0 unspecified atom stereocenters. The van der Waals surface area contributed by atoms with Crippen molar-refractivity contribution < 1.29 is 14.9 Å². The molecule has 0 aromatic heterocycles. The van der Waals surface area contributed by atoms with Gasteiger partial charge in [-0.3, -0.25) is 4.90 Å². The van der Waals surface area contributed by atoms with Crippen molar-refractivity contribution in [1.29, 1.82) is 0 Å². The summed E-state index contributed by atoms with van der Waals surface area (Å²) in [6.45, 7) is 5.32. The fourth-order valence-electron chi connectivity index (χ4n) is 1.93. The normalized spacial score (nSPS) is 10.3. The Balaban J connectivity index is 2.36. The van der Waals surface area contributed by atoms with Crippen LogP contribution in [0.3, 0.4) is 0 Å². The molecule has 0 aliphatic rings. The summed E-state index contributed by atoms with van der Waals surface area (Å²) < 4.78 is 5.70. The molecule has 0 aliphatic heterocycles. The van der Waals surface area contributed by atoms with Crippen LogP contribution in [-0.4, -0.2) is 54.6 Å². The number of aliphatic hydroxyl groups excluding tert-OH is 2. The first-order valence-corrected chi connectivity index (χ1v) is 7.46. The molecule has 4 heteroatoms. The van der Waals surface area contributed by atoms with Crippen molar-refractivity contribution in [3.05, 3.63) is 29.8 Å². The number of ether oxygens (including phenoxy) is 1. The Morgan fingerprint density at radius 2 is 1.86 bits per heavy atom. The van der Waals surface area contributed by atoms with Crippen LogP contribution in [0.25, 0.3) is 0 Å². The Labute approximate surface area is 127 Å². The average molecular weight is 291 g/mol. The van der Waals surface area contributed by atoms with Crippen LogP contribution in [-0.2, 0) is 0 Å². The van der Waals surface area contributed by atoms with E-state index in [9.17, 15) is 0 Å². The first-order chi connectivity index (χ1) is 10.3. The van der Waals surface area contributed by atoms with Gasteiger partial charge < -0.3 is 14.9 Å². The van der Waals surface area contributed by atoms with Crippen molar-refractivity contribution in [2.24, 2.45) is 0 Å². The molecule has 21 heavy (non-hydrogen) atoms. The number of unbranched alkanes of at least 4 members (excludes halogenated alkanes) is 1. The zero-order valence-corrected chi connectivity index (χ0v) is 12.7. The number of hydrogen-bond donors (Lipinski definition) is 2. The van der Waals surface area contributed by atoms with Gasteiger partial charge >= 0.3 is 0 Å². The van der Waals surface area contributed by atoms with Gasteiger partial charge in [0.15, 0.2) is 0 Å². The molecule has 0 atom stereocenters. The van der Waals surface area contributed by atoms with E-state index in [1.165, 1.54) is 0 Å². The van der Waals surface area contributed by atoms with Gasteiger partial charge in [0, 0.05) is 18.7 Å². The second-order valence-corrected chi connectivity index (χ2v) is 4.75. The predicted octanol–water partition coefficient (Wildman–Crippen LogP) is 1.50. The van der Waals surface area contributed by atoms with Gasteiger partial charge in [-0.1, -0.05) is 25.2 Å². The molecule has 0 saturated carbocycles. The second kappa shape index (κ2) is 11.2. The maximum absolute atomic E-state index is 9.04. The van der Waals surface area contributed by atoms with Crippen LogP contribution in [0.5, 0.6) is 5.75 Å². The SMILES string of the molecule is CCCCN(CCO)CCOc1ccc(C#CCO)cc1. The first-order valence-electron chi connectivity index (χ1n) is 7.46.